The molecule has 142 valence electrons. The highest BCUT2D eigenvalue weighted by Crippen LogP contribution is 2.14. The van der Waals surface area contributed by atoms with Crippen molar-refractivity contribution < 1.29 is 29.6 Å². The number of rotatable bonds is 5. The summed E-state index contributed by atoms with van der Waals surface area (Å²) in [6.07, 6.45) is 0. The first-order valence-corrected chi connectivity index (χ1v) is 8.16. The van der Waals surface area contributed by atoms with Gasteiger partial charge in [-0.05, 0) is 56.2 Å². The third-order valence-corrected chi connectivity index (χ3v) is 2.95. The van der Waals surface area contributed by atoms with Crippen LogP contribution in [0.25, 0.3) is 0 Å². The lowest BCUT2D eigenvalue weighted by molar-refractivity contribution is -0.157. The zero-order valence-corrected chi connectivity index (χ0v) is 15.3. The maximum Gasteiger partial charge on any atom is 0.344 e. The lowest BCUT2D eigenvalue weighted by Gasteiger charge is -2.19. The van der Waals surface area contributed by atoms with E-state index >= 15 is 0 Å². The molecule has 0 atom stereocenters. The Kier molecular flexibility index (Phi) is 8.61. The van der Waals surface area contributed by atoms with Crippen molar-refractivity contribution in [3.63, 3.8) is 0 Å². The Balaban J connectivity index is 0.000000314. The number of carbonyl (C=O) groups excluding carboxylic acids is 1. The number of benzene rings is 2. The molecule has 0 bridgehead atoms. The highest BCUT2D eigenvalue weighted by Gasteiger charge is 2.16. The van der Waals surface area contributed by atoms with Crippen LogP contribution in [0.2, 0.25) is 0 Å². The molecule has 0 aromatic heterocycles. The van der Waals surface area contributed by atoms with Crippen molar-refractivity contribution in [3.05, 3.63) is 59.7 Å². The molecule has 0 saturated heterocycles. The molecule has 3 N–H and O–H groups in total. The molecule has 0 amide bonds. The van der Waals surface area contributed by atoms with E-state index in [9.17, 15) is 4.79 Å². The number of esters is 1. The van der Waals surface area contributed by atoms with Gasteiger partial charge >= 0.3 is 5.97 Å². The van der Waals surface area contributed by atoms with E-state index < -0.39 is 11.6 Å². The van der Waals surface area contributed by atoms with Gasteiger partial charge in [-0.3, -0.25) is 0 Å². The molecule has 0 saturated carbocycles. The van der Waals surface area contributed by atoms with E-state index in [4.69, 9.17) is 24.8 Å². The highest BCUT2D eigenvalue weighted by molar-refractivity contribution is 5.71. The number of aromatic hydroxyl groups is 1. The summed E-state index contributed by atoms with van der Waals surface area (Å²) in [6.45, 7) is 5.20. The van der Waals surface area contributed by atoms with Crippen molar-refractivity contribution in [1.82, 2.24) is 0 Å². The van der Waals surface area contributed by atoms with Gasteiger partial charge in [-0.1, -0.05) is 24.3 Å². The first kappa shape index (κ1) is 21.5. The van der Waals surface area contributed by atoms with Gasteiger partial charge in [0.2, 0.25) is 0 Å². The van der Waals surface area contributed by atoms with Crippen molar-refractivity contribution in [1.29, 1.82) is 0 Å². The van der Waals surface area contributed by atoms with E-state index in [0.29, 0.717) is 5.75 Å². The van der Waals surface area contributed by atoms with Gasteiger partial charge in [0.25, 0.3) is 0 Å². The third-order valence-electron chi connectivity index (χ3n) is 2.95. The molecule has 26 heavy (non-hydrogen) atoms. The van der Waals surface area contributed by atoms with Crippen molar-refractivity contribution in [2.45, 2.75) is 39.6 Å². The number of ether oxygens (including phenoxy) is 2. The third kappa shape index (κ3) is 9.05. The summed E-state index contributed by atoms with van der Waals surface area (Å²) in [5, 5.41) is 26.3. The Morgan fingerprint density at radius 3 is 2.04 bits per heavy atom. The van der Waals surface area contributed by atoms with Crippen molar-refractivity contribution >= 4 is 5.97 Å². The van der Waals surface area contributed by atoms with Gasteiger partial charge in [0.05, 0.1) is 13.2 Å². The minimum Gasteiger partial charge on any atom is -0.508 e. The Bertz CT molecular complexity index is 691. The van der Waals surface area contributed by atoms with E-state index in [0.717, 1.165) is 11.1 Å². The molecule has 6 heteroatoms. The molecular formula is C20H26O6. The normalized spacial score (nSPS) is 10.5. The van der Waals surface area contributed by atoms with Gasteiger partial charge in [0.15, 0.2) is 6.61 Å². The fraction of sp³-hybridized carbons (Fsp3) is 0.350. The molecule has 2 aromatic rings. The summed E-state index contributed by atoms with van der Waals surface area (Å²) in [5.41, 5.74) is 0.967. The second kappa shape index (κ2) is 10.4. The number of hydrogen-bond donors (Lipinski definition) is 3. The molecule has 0 aliphatic rings. The number of carbonyl (C=O) groups is 1. The smallest absolute Gasteiger partial charge is 0.344 e. The Labute approximate surface area is 153 Å². The maximum absolute atomic E-state index is 11.4. The lowest BCUT2D eigenvalue weighted by Crippen LogP contribution is -2.27. The highest BCUT2D eigenvalue weighted by atomic mass is 16.6. The Morgan fingerprint density at radius 2 is 1.54 bits per heavy atom. The van der Waals surface area contributed by atoms with E-state index in [2.05, 4.69) is 0 Å². The molecule has 2 aromatic carbocycles. The number of aliphatic hydroxyl groups excluding tert-OH is 2. The first-order chi connectivity index (χ1) is 12.2. The largest absolute Gasteiger partial charge is 0.508 e. The molecule has 6 nitrogen and oxygen atoms in total. The van der Waals surface area contributed by atoms with E-state index in [1.807, 2.05) is 0 Å². The molecule has 0 radical (unpaired) electrons. The zero-order valence-electron chi connectivity index (χ0n) is 15.3. The van der Waals surface area contributed by atoms with Gasteiger partial charge in [-0.25, -0.2) is 4.79 Å². The second-order valence-corrected chi connectivity index (χ2v) is 6.51. The molecular weight excluding hydrogens is 336 g/mol. The van der Waals surface area contributed by atoms with Crippen LogP contribution in [0, 0.1) is 0 Å². The standard InChI is InChI=1S/C13H18O4.C7H8O2/c1-13(2,3)17-12(15)9-16-11-6-4-5-10(7-11)8-14;8-5-6-2-1-3-7(9)4-6/h4-7,14H,8-9H2,1-3H3;1-4,8-9H,5H2. The lowest BCUT2D eigenvalue weighted by atomic mass is 10.2. The quantitative estimate of drug-likeness (QED) is 0.708. The van der Waals surface area contributed by atoms with Crippen LogP contribution in [-0.4, -0.2) is 33.5 Å². The minimum absolute atomic E-state index is 0.0194. The van der Waals surface area contributed by atoms with Crippen LogP contribution in [0.1, 0.15) is 31.9 Å². The summed E-state index contributed by atoms with van der Waals surface area (Å²) in [5.74, 6) is 0.330. The van der Waals surface area contributed by atoms with E-state index in [-0.39, 0.29) is 25.6 Å². The number of phenols is 1. The number of hydrogen-bond acceptors (Lipinski definition) is 6. The minimum atomic E-state index is -0.507. The van der Waals surface area contributed by atoms with E-state index in [1.165, 1.54) is 6.07 Å². The Hall–Kier alpha value is -2.57. The van der Waals surface area contributed by atoms with E-state index in [1.54, 1.807) is 63.2 Å². The summed E-state index contributed by atoms with van der Waals surface area (Å²) in [7, 11) is 0. The topological polar surface area (TPSA) is 96.2 Å². The fourth-order valence-electron chi connectivity index (χ4n) is 1.90. The first-order valence-electron chi connectivity index (χ1n) is 8.16. The number of aliphatic hydroxyl groups is 2. The van der Waals surface area contributed by atoms with Gasteiger partial charge < -0.3 is 24.8 Å². The van der Waals surface area contributed by atoms with Gasteiger partial charge in [-0.15, -0.1) is 0 Å². The van der Waals surface area contributed by atoms with Crippen LogP contribution in [0.5, 0.6) is 11.5 Å². The summed E-state index contributed by atoms with van der Waals surface area (Å²) in [4.78, 5) is 11.4. The van der Waals surface area contributed by atoms with Crippen molar-refractivity contribution in [3.8, 4) is 11.5 Å². The second-order valence-electron chi connectivity index (χ2n) is 6.51. The average molecular weight is 362 g/mol. The Morgan fingerprint density at radius 1 is 0.962 bits per heavy atom. The van der Waals surface area contributed by atoms with Gasteiger partial charge in [0, 0.05) is 0 Å². The summed E-state index contributed by atoms with van der Waals surface area (Å²) >= 11 is 0. The monoisotopic (exact) mass is 362 g/mol. The zero-order chi connectivity index (χ0) is 19.6. The van der Waals surface area contributed by atoms with Crippen LogP contribution in [0.3, 0.4) is 0 Å². The van der Waals surface area contributed by atoms with Crippen LogP contribution in [-0.2, 0) is 22.7 Å². The van der Waals surface area contributed by atoms with Crippen molar-refractivity contribution in [2.24, 2.45) is 0 Å². The van der Waals surface area contributed by atoms with Gasteiger partial charge in [-0.2, -0.15) is 0 Å². The molecule has 0 aliphatic carbocycles. The maximum atomic E-state index is 11.4. The van der Waals surface area contributed by atoms with Crippen LogP contribution in [0.15, 0.2) is 48.5 Å². The van der Waals surface area contributed by atoms with Gasteiger partial charge in [0.1, 0.15) is 17.1 Å². The number of phenolic OH excluding ortho intramolecular Hbond substituents is 1. The van der Waals surface area contributed by atoms with Crippen molar-refractivity contribution in [2.75, 3.05) is 6.61 Å². The SMILES string of the molecule is CC(C)(C)OC(=O)COc1cccc(CO)c1.OCc1cccc(O)c1. The predicted octanol–water partition coefficient (Wildman–Crippen LogP) is 2.78. The predicted molar refractivity (Wildman–Crippen MR) is 97.7 cm³/mol. The average Bonchev–Trinajstić information content (AvgIpc) is 2.59. The summed E-state index contributed by atoms with van der Waals surface area (Å²) < 4.78 is 10.4. The molecule has 0 aliphatic heterocycles. The van der Waals surface area contributed by atoms with Crippen LogP contribution in [0.4, 0.5) is 0 Å². The molecule has 0 fully saturated rings. The van der Waals surface area contributed by atoms with Crippen LogP contribution >= 0.6 is 0 Å². The summed E-state index contributed by atoms with van der Waals surface area (Å²) in [6, 6.07) is 13.5. The fourth-order valence-corrected chi connectivity index (χ4v) is 1.90. The molecule has 0 heterocycles. The molecule has 0 unspecified atom stereocenters. The molecule has 0 spiro atoms. The molecule has 2 rings (SSSR count). The van der Waals surface area contributed by atoms with Crippen LogP contribution < -0.4 is 4.74 Å².